The van der Waals surface area contributed by atoms with Gasteiger partial charge in [-0.3, -0.25) is 9.79 Å². The maximum atomic E-state index is 12.7. The van der Waals surface area contributed by atoms with E-state index in [9.17, 15) is 18.0 Å². The molecule has 0 spiro atoms. The van der Waals surface area contributed by atoms with E-state index in [1.807, 2.05) is 18.4 Å². The van der Waals surface area contributed by atoms with Gasteiger partial charge in [-0.05, 0) is 60.4 Å². The minimum atomic E-state index is -4.36. The zero-order valence-electron chi connectivity index (χ0n) is 17.3. The number of hydrogen-bond acceptors (Lipinski definition) is 3. The van der Waals surface area contributed by atoms with Crippen molar-refractivity contribution in [3.8, 4) is 11.1 Å². The molecule has 0 bridgehead atoms. The number of aliphatic imine (C=N–C) groups is 1. The Morgan fingerprint density at radius 1 is 0.938 bits per heavy atom. The number of halogens is 3. The van der Waals surface area contributed by atoms with E-state index in [2.05, 4.69) is 10.2 Å². The van der Waals surface area contributed by atoms with Gasteiger partial charge in [-0.25, -0.2) is 0 Å². The van der Waals surface area contributed by atoms with Crippen molar-refractivity contribution in [3.05, 3.63) is 83.7 Å². The zero-order chi connectivity index (χ0) is 22.3. The number of nitrogens with zero attached hydrogens (tertiary/aromatic N) is 2. The van der Waals surface area contributed by atoms with Crippen LogP contribution < -0.4 is 5.32 Å². The first-order chi connectivity index (χ1) is 15.4. The van der Waals surface area contributed by atoms with E-state index >= 15 is 0 Å². The second kappa shape index (κ2) is 7.97. The molecule has 2 aromatic carbocycles. The van der Waals surface area contributed by atoms with Gasteiger partial charge in [0.1, 0.15) is 5.84 Å². The largest absolute Gasteiger partial charge is 0.416 e. The summed E-state index contributed by atoms with van der Waals surface area (Å²) in [5.41, 5.74) is 1.91. The van der Waals surface area contributed by atoms with Crippen LogP contribution >= 0.6 is 0 Å². The first-order valence-corrected chi connectivity index (χ1v) is 10.7. The Morgan fingerprint density at radius 2 is 1.59 bits per heavy atom. The van der Waals surface area contributed by atoms with Crippen LogP contribution in [0.4, 0.5) is 13.2 Å². The van der Waals surface area contributed by atoms with E-state index in [4.69, 9.17) is 4.99 Å². The molecule has 0 saturated heterocycles. The molecular formula is C25H22F3N3O. The highest BCUT2D eigenvalue weighted by Gasteiger charge is 2.37. The summed E-state index contributed by atoms with van der Waals surface area (Å²) >= 11 is 0. The van der Waals surface area contributed by atoms with E-state index in [1.54, 1.807) is 24.3 Å². The van der Waals surface area contributed by atoms with Gasteiger partial charge in [0.15, 0.2) is 0 Å². The summed E-state index contributed by atoms with van der Waals surface area (Å²) < 4.78 is 38.2. The van der Waals surface area contributed by atoms with Crippen molar-refractivity contribution >= 4 is 11.7 Å². The third-order valence-corrected chi connectivity index (χ3v) is 6.25. The standard InChI is InChI=1S/C25H22F3N3O/c26-25(27,28)19-11-9-17(10-12-19)16-5-7-18(8-6-16)24(32)29-20-13-14-23-30-21-3-1-2-4-22(21)31(23)15-20/h5-15,21-22H,1-4H2,(H,29,32). The van der Waals surface area contributed by atoms with Crippen molar-refractivity contribution in [2.45, 2.75) is 43.9 Å². The van der Waals surface area contributed by atoms with Gasteiger partial charge < -0.3 is 10.2 Å². The smallest absolute Gasteiger partial charge is 0.326 e. The lowest BCUT2D eigenvalue weighted by Gasteiger charge is -2.31. The number of amides is 1. The minimum absolute atomic E-state index is 0.236. The van der Waals surface area contributed by atoms with Gasteiger partial charge in [-0.15, -0.1) is 0 Å². The fraction of sp³-hybridized carbons (Fsp3) is 0.280. The molecule has 164 valence electrons. The van der Waals surface area contributed by atoms with Crippen LogP contribution in [0.1, 0.15) is 41.6 Å². The Balaban J connectivity index is 1.27. The normalized spacial score (nSPS) is 22.0. The van der Waals surface area contributed by atoms with E-state index in [1.165, 1.54) is 25.0 Å². The van der Waals surface area contributed by atoms with Gasteiger partial charge in [-0.1, -0.05) is 37.1 Å². The lowest BCUT2D eigenvalue weighted by atomic mass is 9.91. The number of carbonyl (C=O) groups is 1. The molecule has 5 rings (SSSR count). The third-order valence-electron chi connectivity index (χ3n) is 6.25. The highest BCUT2D eigenvalue weighted by molar-refractivity contribution is 5.99. The van der Waals surface area contributed by atoms with Crippen molar-refractivity contribution in [2.24, 2.45) is 4.99 Å². The lowest BCUT2D eigenvalue weighted by Crippen LogP contribution is -2.39. The maximum Gasteiger partial charge on any atom is 0.416 e. The van der Waals surface area contributed by atoms with E-state index in [-0.39, 0.29) is 5.91 Å². The number of rotatable bonds is 3. The highest BCUT2D eigenvalue weighted by Crippen LogP contribution is 2.33. The minimum Gasteiger partial charge on any atom is -0.326 e. The van der Waals surface area contributed by atoms with Crippen molar-refractivity contribution in [3.63, 3.8) is 0 Å². The number of benzene rings is 2. The van der Waals surface area contributed by atoms with Crippen LogP contribution in [0.3, 0.4) is 0 Å². The number of fused-ring (bicyclic) bond motifs is 3. The molecule has 4 nitrogen and oxygen atoms in total. The van der Waals surface area contributed by atoms with Crippen LogP contribution in [0, 0.1) is 0 Å². The highest BCUT2D eigenvalue weighted by atomic mass is 19.4. The maximum absolute atomic E-state index is 12.7. The Hall–Kier alpha value is -3.35. The van der Waals surface area contributed by atoms with Crippen molar-refractivity contribution < 1.29 is 18.0 Å². The average molecular weight is 437 g/mol. The summed E-state index contributed by atoms with van der Waals surface area (Å²) in [5, 5.41) is 2.94. The first-order valence-electron chi connectivity index (χ1n) is 10.7. The van der Waals surface area contributed by atoms with Crippen LogP contribution in [0.25, 0.3) is 11.1 Å². The summed E-state index contributed by atoms with van der Waals surface area (Å²) in [6, 6.07) is 12.5. The lowest BCUT2D eigenvalue weighted by molar-refractivity contribution is -0.137. The van der Waals surface area contributed by atoms with E-state index < -0.39 is 11.7 Å². The van der Waals surface area contributed by atoms with E-state index in [0.717, 1.165) is 36.4 Å². The van der Waals surface area contributed by atoms with Gasteiger partial charge in [-0.2, -0.15) is 13.2 Å². The van der Waals surface area contributed by atoms with Crippen LogP contribution in [0.5, 0.6) is 0 Å². The molecule has 0 radical (unpaired) electrons. The Kier molecular flexibility index (Phi) is 5.12. The molecule has 0 aromatic heterocycles. The van der Waals surface area contributed by atoms with Crippen molar-refractivity contribution in [2.75, 3.05) is 0 Å². The summed E-state index contributed by atoms with van der Waals surface area (Å²) in [6.45, 7) is 0. The van der Waals surface area contributed by atoms with Gasteiger partial charge in [0.05, 0.1) is 23.3 Å². The molecule has 2 unspecified atom stereocenters. The molecule has 2 aliphatic heterocycles. The summed E-state index contributed by atoms with van der Waals surface area (Å²) in [5.74, 6) is 0.723. The van der Waals surface area contributed by atoms with Crippen molar-refractivity contribution in [1.82, 2.24) is 10.2 Å². The number of hydrogen-bond donors (Lipinski definition) is 1. The first kappa shape index (κ1) is 20.5. The predicted octanol–water partition coefficient (Wildman–Crippen LogP) is 5.54. The quantitative estimate of drug-likeness (QED) is 0.685. The molecular weight excluding hydrogens is 415 g/mol. The Morgan fingerprint density at radius 3 is 2.28 bits per heavy atom. The second-order valence-electron chi connectivity index (χ2n) is 8.34. The summed E-state index contributed by atoms with van der Waals surface area (Å²) in [4.78, 5) is 19.7. The van der Waals surface area contributed by atoms with Crippen LogP contribution in [-0.2, 0) is 6.18 Å². The zero-order valence-corrected chi connectivity index (χ0v) is 17.3. The molecule has 2 atom stereocenters. The molecule has 1 N–H and O–H groups in total. The molecule has 2 aromatic rings. The monoisotopic (exact) mass is 437 g/mol. The molecule has 32 heavy (non-hydrogen) atoms. The molecule has 1 fully saturated rings. The van der Waals surface area contributed by atoms with Gasteiger partial charge in [0.25, 0.3) is 5.91 Å². The number of alkyl halides is 3. The van der Waals surface area contributed by atoms with Crippen LogP contribution in [-0.4, -0.2) is 28.7 Å². The SMILES string of the molecule is O=C(NC1=CN2C(=NC3CCCCC32)C=C1)c1ccc(-c2ccc(C(F)(F)F)cc2)cc1. The van der Waals surface area contributed by atoms with Crippen molar-refractivity contribution in [1.29, 1.82) is 0 Å². The van der Waals surface area contributed by atoms with Crippen LogP contribution in [0.15, 0.2) is 77.6 Å². The van der Waals surface area contributed by atoms with E-state index in [0.29, 0.717) is 28.9 Å². The Labute approximate surface area is 184 Å². The number of amidine groups is 1. The summed E-state index contributed by atoms with van der Waals surface area (Å²) in [6.07, 6.45) is 6.04. The van der Waals surface area contributed by atoms with Crippen LogP contribution in [0.2, 0.25) is 0 Å². The molecule has 1 amide bonds. The number of carbonyl (C=O) groups excluding carboxylic acids is 1. The molecule has 7 heteroatoms. The fourth-order valence-corrected chi connectivity index (χ4v) is 4.56. The number of nitrogens with one attached hydrogen (secondary N) is 1. The second-order valence-corrected chi connectivity index (χ2v) is 8.34. The topological polar surface area (TPSA) is 44.7 Å². The molecule has 3 aliphatic rings. The predicted molar refractivity (Wildman–Crippen MR) is 117 cm³/mol. The van der Waals surface area contributed by atoms with Gasteiger partial charge >= 0.3 is 6.18 Å². The Bertz CT molecular complexity index is 1110. The third kappa shape index (κ3) is 3.95. The average Bonchev–Trinajstić information content (AvgIpc) is 3.17. The van der Waals surface area contributed by atoms with Gasteiger partial charge in [0, 0.05) is 11.8 Å². The molecule has 1 saturated carbocycles. The molecule has 1 aliphatic carbocycles. The fourth-order valence-electron chi connectivity index (χ4n) is 4.56. The van der Waals surface area contributed by atoms with Gasteiger partial charge in [0.2, 0.25) is 0 Å². The molecule has 2 heterocycles. The number of allylic oxidation sites excluding steroid dienone is 1. The summed E-state index contributed by atoms with van der Waals surface area (Å²) in [7, 11) is 0.